The summed E-state index contributed by atoms with van der Waals surface area (Å²) in [6.45, 7) is 0. The summed E-state index contributed by atoms with van der Waals surface area (Å²) < 4.78 is 9.38. The van der Waals surface area contributed by atoms with Crippen molar-refractivity contribution in [3.05, 3.63) is 159 Å². The summed E-state index contributed by atoms with van der Waals surface area (Å²) in [7, 11) is 16.7. The van der Waals surface area contributed by atoms with Crippen LogP contribution in [0.3, 0.4) is 0 Å². The molecule has 0 fully saturated rings. The molecule has 37 heavy (non-hydrogen) atoms. The van der Waals surface area contributed by atoms with Crippen LogP contribution in [-0.4, -0.2) is 17.4 Å². The zero-order valence-electron chi connectivity index (χ0n) is 19.9. The number of hydrogen-bond donors (Lipinski definition) is 0. The minimum atomic E-state index is -3.66. The van der Waals surface area contributed by atoms with Crippen LogP contribution < -0.4 is 10.6 Å². The molecule has 0 atom stereocenters. The van der Waals surface area contributed by atoms with Gasteiger partial charge in [0, 0.05) is 0 Å². The Hall–Kier alpha value is -2.34. The molecule has 0 spiro atoms. The first-order valence-corrected chi connectivity index (χ1v) is 23.9. The summed E-state index contributed by atoms with van der Waals surface area (Å²) in [6.07, 6.45) is 17.1. The first-order chi connectivity index (χ1) is 18.1. The van der Waals surface area contributed by atoms with Gasteiger partial charge >= 0.3 is 230 Å². The third-order valence-corrected chi connectivity index (χ3v) is 48.8. The van der Waals surface area contributed by atoms with E-state index < -0.39 is 24.0 Å². The van der Waals surface area contributed by atoms with Crippen molar-refractivity contribution in [3.63, 3.8) is 0 Å². The summed E-state index contributed by atoms with van der Waals surface area (Å²) in [6, 6.07) is 37.9. The molecule has 0 unspecified atom stereocenters. The van der Waals surface area contributed by atoms with E-state index >= 15 is 0 Å². The van der Waals surface area contributed by atoms with E-state index in [1.807, 2.05) is 0 Å². The van der Waals surface area contributed by atoms with E-state index in [-0.39, 0.29) is 0 Å². The summed E-state index contributed by atoms with van der Waals surface area (Å²) in [5.41, 5.74) is 0. The second-order valence-electron chi connectivity index (χ2n) is 8.54. The summed E-state index contributed by atoms with van der Waals surface area (Å²) in [4.78, 5) is 0. The Morgan fingerprint density at radius 3 is 0.865 bits per heavy atom. The molecule has 0 aliphatic rings. The van der Waals surface area contributed by atoms with Crippen molar-refractivity contribution in [2.75, 3.05) is 0 Å². The van der Waals surface area contributed by atoms with Gasteiger partial charge in [0.2, 0.25) is 0 Å². The molecule has 4 heterocycles. The third kappa shape index (κ3) is 3.69. The van der Waals surface area contributed by atoms with E-state index in [2.05, 4.69) is 176 Å². The number of aromatic nitrogens is 4. The number of hydrogen-bond acceptors (Lipinski definition) is 0. The fraction of sp³-hybridized carbons (Fsp3) is 0. The molecule has 2 aromatic carbocycles. The monoisotopic (exact) mass is 658 g/mol. The third-order valence-electron chi connectivity index (χ3n) is 6.52. The van der Waals surface area contributed by atoms with Crippen molar-refractivity contribution in [3.8, 4) is 0 Å². The number of rotatable bonds is 8. The van der Waals surface area contributed by atoms with Gasteiger partial charge in [0.15, 0.2) is 0 Å². The first kappa shape index (κ1) is 25.0. The van der Waals surface area contributed by atoms with Gasteiger partial charge in [0.25, 0.3) is 0 Å². The van der Waals surface area contributed by atoms with Crippen LogP contribution in [0.1, 0.15) is 0 Å². The van der Waals surface area contributed by atoms with Gasteiger partial charge in [-0.3, -0.25) is 0 Å². The van der Waals surface area contributed by atoms with Crippen LogP contribution in [0.15, 0.2) is 159 Å². The van der Waals surface area contributed by atoms with Crippen molar-refractivity contribution < 1.29 is 12.5 Å². The van der Waals surface area contributed by atoms with E-state index in [9.17, 15) is 0 Å². The first-order valence-electron chi connectivity index (χ1n) is 11.8. The molecule has 6 rings (SSSR count). The fourth-order valence-electron chi connectivity index (χ4n) is 5.03. The van der Waals surface area contributed by atoms with Gasteiger partial charge in [-0.2, -0.15) is 0 Å². The second kappa shape index (κ2) is 10.1. The predicted molar refractivity (Wildman–Crippen MR) is 160 cm³/mol. The predicted octanol–water partition coefficient (Wildman–Crippen LogP) is 7.49. The van der Waals surface area contributed by atoms with E-state index in [0.717, 1.165) is 0 Å². The molecule has 194 valence electrons. The van der Waals surface area contributed by atoms with Crippen LogP contribution in [0.25, 0.3) is 0 Å². The molecule has 0 amide bonds. The maximum absolute atomic E-state index is 8.37. The molecule has 0 saturated carbocycles. The molecule has 0 radical (unpaired) electrons. The van der Waals surface area contributed by atoms with Gasteiger partial charge in [0.05, 0.1) is 0 Å². The standard InChI is InChI=1S/2C14H13N2P.2ClH.Pd/c2*1-2-8-14(9-3-1)17(15-10-4-5-11-15)16-12-6-7-13-16;;;/h2*1-13H;2*1H;. The Balaban J connectivity index is 1.82. The molecule has 0 N–H and O–H groups in total. The van der Waals surface area contributed by atoms with Crippen LogP contribution >= 0.6 is 30.6 Å². The van der Waals surface area contributed by atoms with E-state index in [0.29, 0.717) is 0 Å². The molecule has 9 heteroatoms. The number of halogens is 2. The molecule has 0 aliphatic carbocycles. The summed E-state index contributed by atoms with van der Waals surface area (Å²) in [5, 5.41) is 2.35. The topological polar surface area (TPSA) is 19.7 Å². The van der Waals surface area contributed by atoms with Gasteiger partial charge in [-0.1, -0.05) is 0 Å². The van der Waals surface area contributed by atoms with Gasteiger partial charge in [-0.15, -0.1) is 0 Å². The minimum absolute atomic E-state index is 1.18. The molecule has 0 saturated heterocycles. The number of benzene rings is 2. The van der Waals surface area contributed by atoms with Gasteiger partial charge in [0.1, 0.15) is 0 Å². The normalized spacial score (nSPS) is 13.9. The van der Waals surface area contributed by atoms with Gasteiger partial charge < -0.3 is 0 Å². The Kier molecular flexibility index (Phi) is 6.81. The average molecular weight is 660 g/mol. The van der Waals surface area contributed by atoms with E-state index in [1.54, 1.807) is 0 Å². The molecule has 0 aliphatic heterocycles. The Bertz CT molecular complexity index is 1350. The fourth-order valence-corrected chi connectivity index (χ4v) is 55.9. The average Bonchev–Trinajstić information content (AvgIpc) is 3.75. The van der Waals surface area contributed by atoms with Crippen LogP contribution in [0.5, 0.6) is 0 Å². The van der Waals surface area contributed by atoms with Crippen molar-refractivity contribution in [1.29, 1.82) is 0 Å². The van der Waals surface area contributed by atoms with Crippen molar-refractivity contribution in [2.24, 2.45) is 0 Å². The Labute approximate surface area is 228 Å². The van der Waals surface area contributed by atoms with Crippen molar-refractivity contribution in [2.45, 2.75) is 0 Å². The van der Waals surface area contributed by atoms with Gasteiger partial charge in [-0.05, 0) is 0 Å². The summed E-state index contributed by atoms with van der Waals surface area (Å²) >= 11 is -3.66. The molecule has 0 bridgehead atoms. The second-order valence-corrected chi connectivity index (χ2v) is 39.4. The van der Waals surface area contributed by atoms with E-state index in [4.69, 9.17) is 19.1 Å². The zero-order chi connectivity index (χ0) is 25.3. The Morgan fingerprint density at radius 2 is 0.622 bits per heavy atom. The van der Waals surface area contributed by atoms with Crippen LogP contribution in [0, 0.1) is 0 Å². The molecular weight excluding hydrogens is 632 g/mol. The zero-order valence-corrected chi connectivity index (χ0v) is 24.9. The molecule has 4 nitrogen and oxygen atoms in total. The SMILES string of the molecule is [Cl][Pd]([Cl])([PH](c1ccccc1)(n1cccc1)n1cccc1)[PH](c1ccccc1)(n1cccc1)n1cccc1. The Morgan fingerprint density at radius 1 is 0.378 bits per heavy atom. The maximum atomic E-state index is 8.37. The van der Waals surface area contributed by atoms with E-state index in [1.165, 1.54) is 10.6 Å². The quantitative estimate of drug-likeness (QED) is 0.119. The van der Waals surface area contributed by atoms with Crippen molar-refractivity contribution in [1.82, 2.24) is 17.4 Å². The molecular formula is C28H28Cl2N4P2Pd. The summed E-state index contributed by atoms with van der Waals surface area (Å²) in [5.74, 6) is -6.29. The van der Waals surface area contributed by atoms with Crippen molar-refractivity contribution >= 4 is 41.2 Å². The number of nitrogens with zero attached hydrogens (tertiary/aromatic N) is 4. The van der Waals surface area contributed by atoms with Crippen LogP contribution in [0.2, 0.25) is 0 Å². The van der Waals surface area contributed by atoms with Crippen LogP contribution in [-0.2, 0) is 12.5 Å². The molecule has 6 aromatic rings. The molecule has 4 aromatic heterocycles. The van der Waals surface area contributed by atoms with Gasteiger partial charge in [-0.25, -0.2) is 0 Å². The van der Waals surface area contributed by atoms with Crippen LogP contribution in [0.4, 0.5) is 0 Å².